The standard InChI is InChI=1S/C9H19NO/c1-7(2)10-8(11)6-9(3,4)5/h7H,6H2,1-5H3,(H,10,11). The second kappa shape index (κ2) is 3.74. The zero-order chi connectivity index (χ0) is 9.07. The van der Waals surface area contributed by atoms with Crippen LogP contribution in [0.3, 0.4) is 0 Å². The third kappa shape index (κ3) is 7.37. The largest absolute Gasteiger partial charge is 0.354 e. The normalized spacial score (nSPS) is 11.8. The molecule has 0 unspecified atom stereocenters. The molecular weight excluding hydrogens is 138 g/mol. The van der Waals surface area contributed by atoms with Crippen molar-refractivity contribution in [2.24, 2.45) is 5.41 Å². The summed E-state index contributed by atoms with van der Waals surface area (Å²) in [7, 11) is 0. The first kappa shape index (κ1) is 10.5. The van der Waals surface area contributed by atoms with Crippen LogP contribution in [-0.4, -0.2) is 11.9 Å². The van der Waals surface area contributed by atoms with E-state index in [0.29, 0.717) is 6.42 Å². The van der Waals surface area contributed by atoms with Gasteiger partial charge in [-0.15, -0.1) is 0 Å². The quantitative estimate of drug-likeness (QED) is 0.652. The summed E-state index contributed by atoms with van der Waals surface area (Å²) in [4.78, 5) is 11.2. The lowest BCUT2D eigenvalue weighted by molar-refractivity contribution is -0.123. The fraction of sp³-hybridized carbons (Fsp3) is 0.889. The highest BCUT2D eigenvalue weighted by Crippen LogP contribution is 2.17. The Labute approximate surface area is 69.4 Å². The average Bonchev–Trinajstić information content (AvgIpc) is 1.53. The second-order valence-electron chi connectivity index (χ2n) is 4.46. The highest BCUT2D eigenvalue weighted by Gasteiger charge is 2.15. The lowest BCUT2D eigenvalue weighted by Crippen LogP contribution is -2.32. The van der Waals surface area contributed by atoms with Crippen molar-refractivity contribution in [1.82, 2.24) is 5.32 Å². The first-order chi connectivity index (χ1) is 4.81. The van der Waals surface area contributed by atoms with Crippen LogP contribution in [0.25, 0.3) is 0 Å². The molecule has 0 aliphatic rings. The fourth-order valence-electron chi connectivity index (χ4n) is 0.855. The van der Waals surface area contributed by atoms with E-state index in [1.54, 1.807) is 0 Å². The second-order valence-corrected chi connectivity index (χ2v) is 4.46. The topological polar surface area (TPSA) is 29.1 Å². The molecule has 11 heavy (non-hydrogen) atoms. The van der Waals surface area contributed by atoms with Crippen LogP contribution in [0.2, 0.25) is 0 Å². The van der Waals surface area contributed by atoms with E-state index in [1.807, 2.05) is 13.8 Å². The molecule has 0 aromatic rings. The molecule has 0 aromatic heterocycles. The number of rotatable bonds is 2. The molecule has 0 rings (SSSR count). The van der Waals surface area contributed by atoms with Crippen molar-refractivity contribution >= 4 is 5.91 Å². The minimum atomic E-state index is 0.0962. The number of hydrogen-bond acceptors (Lipinski definition) is 1. The van der Waals surface area contributed by atoms with Crippen LogP contribution in [0.5, 0.6) is 0 Å². The van der Waals surface area contributed by atoms with Crippen molar-refractivity contribution in [2.75, 3.05) is 0 Å². The van der Waals surface area contributed by atoms with Crippen LogP contribution >= 0.6 is 0 Å². The monoisotopic (exact) mass is 157 g/mol. The molecule has 0 aromatic carbocycles. The summed E-state index contributed by atoms with van der Waals surface area (Å²) in [5.41, 5.74) is 0.0962. The van der Waals surface area contributed by atoms with Crippen LogP contribution in [0.4, 0.5) is 0 Å². The van der Waals surface area contributed by atoms with E-state index >= 15 is 0 Å². The summed E-state index contributed by atoms with van der Waals surface area (Å²) in [6, 6.07) is 0.254. The van der Waals surface area contributed by atoms with Gasteiger partial charge in [-0.2, -0.15) is 0 Å². The number of carbonyl (C=O) groups excluding carboxylic acids is 1. The van der Waals surface area contributed by atoms with Gasteiger partial charge in [-0.3, -0.25) is 4.79 Å². The van der Waals surface area contributed by atoms with Crippen LogP contribution < -0.4 is 5.32 Å². The van der Waals surface area contributed by atoms with Crippen LogP contribution in [0, 0.1) is 5.41 Å². The smallest absolute Gasteiger partial charge is 0.220 e. The molecule has 0 radical (unpaired) electrons. The highest BCUT2D eigenvalue weighted by atomic mass is 16.1. The maximum atomic E-state index is 11.2. The van der Waals surface area contributed by atoms with Crippen LogP contribution in [0.1, 0.15) is 41.0 Å². The van der Waals surface area contributed by atoms with E-state index in [0.717, 1.165) is 0 Å². The van der Waals surface area contributed by atoms with Crippen LogP contribution in [-0.2, 0) is 4.79 Å². The number of carbonyl (C=O) groups is 1. The molecule has 0 fully saturated rings. The minimum absolute atomic E-state index is 0.0962. The molecule has 0 bridgehead atoms. The number of amides is 1. The number of hydrogen-bond donors (Lipinski definition) is 1. The molecule has 0 heterocycles. The van der Waals surface area contributed by atoms with Crippen molar-refractivity contribution in [3.05, 3.63) is 0 Å². The molecule has 0 aliphatic carbocycles. The predicted octanol–water partition coefficient (Wildman–Crippen LogP) is 1.95. The van der Waals surface area contributed by atoms with E-state index in [4.69, 9.17) is 0 Å². The van der Waals surface area contributed by atoms with Crippen molar-refractivity contribution < 1.29 is 4.79 Å². The van der Waals surface area contributed by atoms with E-state index in [9.17, 15) is 4.79 Å². The minimum Gasteiger partial charge on any atom is -0.354 e. The van der Waals surface area contributed by atoms with Gasteiger partial charge >= 0.3 is 0 Å². The summed E-state index contributed by atoms with van der Waals surface area (Å²) >= 11 is 0. The van der Waals surface area contributed by atoms with Gasteiger partial charge < -0.3 is 5.32 Å². The van der Waals surface area contributed by atoms with Gasteiger partial charge in [-0.05, 0) is 19.3 Å². The summed E-state index contributed by atoms with van der Waals surface area (Å²) in [6.45, 7) is 10.1. The fourth-order valence-corrected chi connectivity index (χ4v) is 0.855. The molecule has 1 amide bonds. The van der Waals surface area contributed by atoms with Crippen LogP contribution in [0.15, 0.2) is 0 Å². The van der Waals surface area contributed by atoms with Gasteiger partial charge in [0.25, 0.3) is 0 Å². The van der Waals surface area contributed by atoms with Crippen molar-refractivity contribution in [3.63, 3.8) is 0 Å². The van der Waals surface area contributed by atoms with E-state index in [1.165, 1.54) is 0 Å². The Hall–Kier alpha value is -0.530. The molecule has 2 nitrogen and oxygen atoms in total. The summed E-state index contributed by atoms with van der Waals surface area (Å²) in [5.74, 6) is 0.146. The van der Waals surface area contributed by atoms with Gasteiger partial charge in [0.1, 0.15) is 0 Å². The third-order valence-electron chi connectivity index (χ3n) is 1.14. The average molecular weight is 157 g/mol. The van der Waals surface area contributed by atoms with Gasteiger partial charge in [-0.1, -0.05) is 20.8 Å². The van der Waals surface area contributed by atoms with Crippen molar-refractivity contribution in [1.29, 1.82) is 0 Å². The maximum Gasteiger partial charge on any atom is 0.220 e. The molecule has 0 spiro atoms. The van der Waals surface area contributed by atoms with Gasteiger partial charge in [0.15, 0.2) is 0 Å². The first-order valence-corrected chi connectivity index (χ1v) is 4.10. The lowest BCUT2D eigenvalue weighted by atomic mass is 9.92. The molecule has 0 saturated heterocycles. The molecular formula is C9H19NO. The highest BCUT2D eigenvalue weighted by molar-refractivity contribution is 5.76. The van der Waals surface area contributed by atoms with E-state index in [-0.39, 0.29) is 17.4 Å². The Balaban J connectivity index is 3.71. The zero-order valence-electron chi connectivity index (χ0n) is 8.19. The summed E-state index contributed by atoms with van der Waals surface area (Å²) in [6.07, 6.45) is 0.602. The Morgan fingerprint density at radius 3 is 2.09 bits per heavy atom. The van der Waals surface area contributed by atoms with Gasteiger partial charge in [0.05, 0.1) is 0 Å². The van der Waals surface area contributed by atoms with Gasteiger partial charge in [-0.25, -0.2) is 0 Å². The predicted molar refractivity (Wildman–Crippen MR) is 47.4 cm³/mol. The molecule has 66 valence electrons. The van der Waals surface area contributed by atoms with E-state index < -0.39 is 0 Å². The van der Waals surface area contributed by atoms with Crippen molar-refractivity contribution in [3.8, 4) is 0 Å². The lowest BCUT2D eigenvalue weighted by Gasteiger charge is -2.18. The third-order valence-corrected chi connectivity index (χ3v) is 1.14. The molecule has 0 saturated carbocycles. The summed E-state index contributed by atoms with van der Waals surface area (Å²) < 4.78 is 0. The van der Waals surface area contributed by atoms with E-state index in [2.05, 4.69) is 26.1 Å². The zero-order valence-corrected chi connectivity index (χ0v) is 8.19. The van der Waals surface area contributed by atoms with Crippen molar-refractivity contribution in [2.45, 2.75) is 47.1 Å². The van der Waals surface area contributed by atoms with Gasteiger partial charge in [0, 0.05) is 12.5 Å². The Morgan fingerprint density at radius 1 is 1.36 bits per heavy atom. The molecule has 2 heteroatoms. The number of nitrogens with one attached hydrogen (secondary N) is 1. The Bertz CT molecular complexity index is 133. The SMILES string of the molecule is CC(C)NC(=O)CC(C)(C)C. The summed E-state index contributed by atoms with van der Waals surface area (Å²) in [5, 5.41) is 2.86. The first-order valence-electron chi connectivity index (χ1n) is 4.10. The Kier molecular flexibility index (Phi) is 3.56. The van der Waals surface area contributed by atoms with Gasteiger partial charge in [0.2, 0.25) is 5.91 Å². The molecule has 0 atom stereocenters. The molecule has 1 N–H and O–H groups in total. The maximum absolute atomic E-state index is 11.2. The molecule has 0 aliphatic heterocycles. The Morgan fingerprint density at radius 2 is 1.82 bits per heavy atom.